The van der Waals surface area contributed by atoms with Crippen molar-refractivity contribution in [2.24, 2.45) is 0 Å². The highest BCUT2D eigenvalue weighted by Crippen LogP contribution is 2.33. The highest BCUT2D eigenvalue weighted by molar-refractivity contribution is 6.08. The van der Waals surface area contributed by atoms with Crippen molar-refractivity contribution in [3.63, 3.8) is 0 Å². The fourth-order valence-electron chi connectivity index (χ4n) is 2.71. The van der Waals surface area contributed by atoms with Gasteiger partial charge in [-0.25, -0.2) is 0 Å². The maximum absolute atomic E-state index is 12.9. The van der Waals surface area contributed by atoms with Gasteiger partial charge in [0.15, 0.2) is 5.78 Å². The molecule has 124 valence electrons. The molecule has 0 bridgehead atoms. The van der Waals surface area contributed by atoms with Crippen molar-refractivity contribution < 1.29 is 14.3 Å². The second kappa shape index (κ2) is 6.35. The third-order valence-electron chi connectivity index (χ3n) is 4.10. The molecule has 0 N–H and O–H groups in total. The maximum atomic E-state index is 12.9. The molecule has 0 spiro atoms. The molecule has 5 heteroatoms. The Balaban J connectivity index is 1.94. The van der Waals surface area contributed by atoms with Gasteiger partial charge in [-0.3, -0.25) is 9.59 Å². The molecule has 0 saturated heterocycles. The number of benzene rings is 2. The molecule has 0 atom stereocenters. The third kappa shape index (κ3) is 2.97. The summed E-state index contributed by atoms with van der Waals surface area (Å²) in [4.78, 5) is 28.2. The van der Waals surface area contributed by atoms with Crippen LogP contribution < -0.4 is 14.5 Å². The number of anilines is 2. The number of nitrogens with zero attached hydrogens (tertiary/aromatic N) is 2. The van der Waals surface area contributed by atoms with Crippen LogP contribution in [0.3, 0.4) is 0 Å². The van der Waals surface area contributed by atoms with Crippen molar-refractivity contribution >= 4 is 23.1 Å². The van der Waals surface area contributed by atoms with Crippen molar-refractivity contribution in [2.75, 3.05) is 37.0 Å². The summed E-state index contributed by atoms with van der Waals surface area (Å²) in [7, 11) is 3.91. The first-order chi connectivity index (χ1) is 11.5. The minimum Gasteiger partial charge on any atom is -0.490 e. The van der Waals surface area contributed by atoms with E-state index in [0.29, 0.717) is 35.7 Å². The highest BCUT2D eigenvalue weighted by atomic mass is 16.5. The molecule has 3 rings (SSSR count). The number of rotatable bonds is 3. The molecule has 2 aromatic carbocycles. The molecule has 0 aromatic heterocycles. The number of amides is 1. The van der Waals surface area contributed by atoms with Crippen molar-refractivity contribution in [1.82, 2.24) is 0 Å². The summed E-state index contributed by atoms with van der Waals surface area (Å²) < 4.78 is 5.61. The van der Waals surface area contributed by atoms with E-state index in [2.05, 4.69) is 0 Å². The van der Waals surface area contributed by atoms with Crippen molar-refractivity contribution in [3.05, 3.63) is 53.6 Å². The minimum atomic E-state index is -0.0921. The van der Waals surface area contributed by atoms with E-state index in [0.717, 1.165) is 5.69 Å². The standard InChI is InChI=1S/C19H20N2O3/c1-13(22)15-6-9-18-17(12-15)21(10-11-24-18)19(23)14-4-7-16(8-5-14)20(2)3/h4-9,12H,10-11H2,1-3H3. The molecular formula is C19H20N2O3. The summed E-state index contributed by atoms with van der Waals surface area (Å²) in [5, 5.41) is 0. The Hall–Kier alpha value is -2.82. The zero-order valence-corrected chi connectivity index (χ0v) is 14.1. The number of carbonyl (C=O) groups is 2. The number of carbonyl (C=O) groups excluding carboxylic acids is 2. The Morgan fingerprint density at radius 3 is 2.33 bits per heavy atom. The van der Waals surface area contributed by atoms with Gasteiger partial charge in [-0.15, -0.1) is 0 Å². The molecule has 0 saturated carbocycles. The van der Waals surface area contributed by atoms with Gasteiger partial charge in [-0.05, 0) is 49.4 Å². The lowest BCUT2D eigenvalue weighted by atomic mass is 10.1. The predicted molar refractivity (Wildman–Crippen MR) is 94.4 cm³/mol. The maximum Gasteiger partial charge on any atom is 0.258 e. The van der Waals surface area contributed by atoms with Gasteiger partial charge < -0.3 is 14.5 Å². The van der Waals surface area contributed by atoms with Crippen LogP contribution in [0.5, 0.6) is 5.75 Å². The van der Waals surface area contributed by atoms with E-state index in [1.165, 1.54) is 6.92 Å². The van der Waals surface area contributed by atoms with Gasteiger partial charge in [0.25, 0.3) is 5.91 Å². The number of hydrogen-bond donors (Lipinski definition) is 0. The fourth-order valence-corrected chi connectivity index (χ4v) is 2.71. The lowest BCUT2D eigenvalue weighted by Gasteiger charge is -2.30. The monoisotopic (exact) mass is 324 g/mol. The highest BCUT2D eigenvalue weighted by Gasteiger charge is 2.25. The second-order valence-corrected chi connectivity index (χ2v) is 5.99. The van der Waals surface area contributed by atoms with E-state index < -0.39 is 0 Å². The van der Waals surface area contributed by atoms with E-state index in [9.17, 15) is 9.59 Å². The molecule has 0 aliphatic carbocycles. The van der Waals surface area contributed by atoms with Gasteiger partial charge in [-0.1, -0.05) is 0 Å². The zero-order valence-electron chi connectivity index (χ0n) is 14.1. The molecule has 2 aromatic rings. The molecular weight excluding hydrogens is 304 g/mol. The average molecular weight is 324 g/mol. The van der Waals surface area contributed by atoms with E-state index in [-0.39, 0.29) is 11.7 Å². The first kappa shape index (κ1) is 16.1. The normalized spacial score (nSPS) is 13.0. The SMILES string of the molecule is CC(=O)c1ccc2c(c1)N(C(=O)c1ccc(N(C)C)cc1)CCO2. The predicted octanol–water partition coefficient (Wildman–Crippen LogP) is 2.99. The molecule has 0 unspecified atom stereocenters. The lowest BCUT2D eigenvalue weighted by molar-refractivity contribution is 0.0973. The number of hydrogen-bond acceptors (Lipinski definition) is 4. The van der Waals surface area contributed by atoms with E-state index in [1.54, 1.807) is 23.1 Å². The number of ketones is 1. The van der Waals surface area contributed by atoms with Crippen LogP contribution >= 0.6 is 0 Å². The van der Waals surface area contributed by atoms with Crippen molar-refractivity contribution in [3.8, 4) is 5.75 Å². The summed E-state index contributed by atoms with van der Waals surface area (Å²) >= 11 is 0. The smallest absolute Gasteiger partial charge is 0.258 e. The summed E-state index contributed by atoms with van der Waals surface area (Å²) in [6.45, 7) is 2.41. The molecule has 1 aliphatic heterocycles. The number of fused-ring (bicyclic) bond motifs is 1. The number of ether oxygens (including phenoxy) is 1. The van der Waals surface area contributed by atoms with E-state index in [4.69, 9.17) is 4.74 Å². The van der Waals surface area contributed by atoms with Gasteiger partial charge in [0.05, 0.1) is 12.2 Å². The molecule has 5 nitrogen and oxygen atoms in total. The Morgan fingerprint density at radius 1 is 1.04 bits per heavy atom. The quantitative estimate of drug-likeness (QED) is 0.815. The van der Waals surface area contributed by atoms with Crippen LogP contribution in [-0.2, 0) is 0 Å². The molecule has 0 radical (unpaired) electrons. The Kier molecular flexibility index (Phi) is 4.25. The second-order valence-electron chi connectivity index (χ2n) is 5.99. The fraction of sp³-hybridized carbons (Fsp3) is 0.263. The average Bonchev–Trinajstić information content (AvgIpc) is 2.60. The number of Topliss-reactive ketones (excluding diaryl/α,β-unsaturated/α-hetero) is 1. The van der Waals surface area contributed by atoms with Gasteiger partial charge in [0, 0.05) is 30.9 Å². The summed E-state index contributed by atoms with van der Waals surface area (Å²) in [6.07, 6.45) is 0. The minimum absolute atomic E-state index is 0.0360. The van der Waals surface area contributed by atoms with Gasteiger partial charge in [-0.2, -0.15) is 0 Å². The largest absolute Gasteiger partial charge is 0.490 e. The molecule has 1 heterocycles. The molecule has 24 heavy (non-hydrogen) atoms. The van der Waals surface area contributed by atoms with Crippen LogP contribution in [0.4, 0.5) is 11.4 Å². The lowest BCUT2D eigenvalue weighted by Crippen LogP contribution is -2.38. The Labute approximate surface area is 141 Å². The van der Waals surface area contributed by atoms with Gasteiger partial charge in [0.1, 0.15) is 12.4 Å². The van der Waals surface area contributed by atoms with E-state index in [1.807, 2.05) is 43.3 Å². The molecule has 1 aliphatic rings. The Bertz CT molecular complexity index is 782. The first-order valence-corrected chi connectivity index (χ1v) is 7.84. The summed E-state index contributed by atoms with van der Waals surface area (Å²) in [6, 6.07) is 12.7. The molecule has 0 fully saturated rings. The zero-order chi connectivity index (χ0) is 17.3. The topological polar surface area (TPSA) is 49.9 Å². The van der Waals surface area contributed by atoms with Crippen LogP contribution in [0.25, 0.3) is 0 Å². The van der Waals surface area contributed by atoms with Crippen LogP contribution in [0.1, 0.15) is 27.6 Å². The third-order valence-corrected chi connectivity index (χ3v) is 4.10. The summed E-state index contributed by atoms with van der Waals surface area (Å²) in [5.74, 6) is 0.501. The molecule has 1 amide bonds. The Morgan fingerprint density at radius 2 is 1.71 bits per heavy atom. The van der Waals surface area contributed by atoms with E-state index >= 15 is 0 Å². The van der Waals surface area contributed by atoms with Crippen LogP contribution in [-0.4, -0.2) is 38.9 Å². The summed E-state index contributed by atoms with van der Waals surface area (Å²) in [5.41, 5.74) is 2.87. The van der Waals surface area contributed by atoms with Gasteiger partial charge >= 0.3 is 0 Å². The van der Waals surface area contributed by atoms with Crippen LogP contribution in [0.15, 0.2) is 42.5 Å². The van der Waals surface area contributed by atoms with Crippen molar-refractivity contribution in [1.29, 1.82) is 0 Å². The van der Waals surface area contributed by atoms with Crippen molar-refractivity contribution in [2.45, 2.75) is 6.92 Å². The van der Waals surface area contributed by atoms with Crippen LogP contribution in [0.2, 0.25) is 0 Å². The van der Waals surface area contributed by atoms with Gasteiger partial charge in [0.2, 0.25) is 0 Å². The first-order valence-electron chi connectivity index (χ1n) is 7.84. The van der Waals surface area contributed by atoms with Crippen LogP contribution in [0, 0.1) is 0 Å².